The first-order valence-electron chi connectivity index (χ1n) is 7.02. The number of fused-ring (bicyclic) bond motifs is 1. The van der Waals surface area contributed by atoms with E-state index in [9.17, 15) is 9.59 Å². The summed E-state index contributed by atoms with van der Waals surface area (Å²) in [7, 11) is 0. The van der Waals surface area contributed by atoms with Gasteiger partial charge in [0.1, 0.15) is 5.25 Å². The third kappa shape index (κ3) is 2.73. The number of ether oxygens (including phenoxy) is 1. The Bertz CT molecular complexity index is 803. The molecule has 2 aromatic rings. The Morgan fingerprint density at radius 3 is 2.82 bits per heavy atom. The smallest absolute Gasteiger partial charge is 0.319 e. The number of thioether (sulfide) groups is 1. The van der Waals surface area contributed by atoms with Crippen LogP contribution in [0.2, 0.25) is 5.02 Å². The van der Waals surface area contributed by atoms with Gasteiger partial charge in [-0.3, -0.25) is 14.2 Å². The molecule has 1 aromatic heterocycles. The lowest BCUT2D eigenvalue weighted by Crippen LogP contribution is -2.26. The first-order valence-corrected chi connectivity index (χ1v) is 8.28. The van der Waals surface area contributed by atoms with Crippen molar-refractivity contribution in [1.29, 1.82) is 0 Å². The number of nitrogens with zero attached hydrogens (tertiary/aromatic N) is 2. The van der Waals surface area contributed by atoms with E-state index in [-0.39, 0.29) is 22.8 Å². The van der Waals surface area contributed by atoms with Gasteiger partial charge in [-0.05, 0) is 32.0 Å². The third-order valence-corrected chi connectivity index (χ3v) is 4.93. The van der Waals surface area contributed by atoms with Crippen molar-refractivity contribution >= 4 is 40.2 Å². The molecule has 22 heavy (non-hydrogen) atoms. The van der Waals surface area contributed by atoms with E-state index in [2.05, 4.69) is 4.98 Å². The number of rotatable bonds is 3. The maximum Gasteiger partial charge on any atom is 0.319 e. The largest absolute Gasteiger partial charge is 0.465 e. The van der Waals surface area contributed by atoms with Crippen LogP contribution in [0.4, 0.5) is 0 Å². The molecule has 1 aliphatic rings. The van der Waals surface area contributed by atoms with Gasteiger partial charge >= 0.3 is 5.97 Å². The third-order valence-electron chi connectivity index (χ3n) is 3.48. The summed E-state index contributed by atoms with van der Waals surface area (Å²) in [6, 6.07) is 4.98. The highest BCUT2D eigenvalue weighted by atomic mass is 35.5. The van der Waals surface area contributed by atoms with Crippen LogP contribution in [0.15, 0.2) is 28.2 Å². The van der Waals surface area contributed by atoms with Crippen LogP contribution in [0.5, 0.6) is 0 Å². The topological polar surface area (TPSA) is 61.2 Å². The second kappa shape index (κ2) is 5.93. The minimum absolute atomic E-state index is 0.0556. The molecule has 0 unspecified atom stereocenters. The second-order valence-corrected chi connectivity index (χ2v) is 6.99. The minimum Gasteiger partial charge on any atom is -0.465 e. The van der Waals surface area contributed by atoms with E-state index >= 15 is 0 Å². The first kappa shape index (κ1) is 15.4. The van der Waals surface area contributed by atoms with Gasteiger partial charge in [-0.2, -0.15) is 0 Å². The average molecular weight is 339 g/mol. The van der Waals surface area contributed by atoms with Crippen LogP contribution in [-0.4, -0.2) is 27.4 Å². The molecule has 0 amide bonds. The molecule has 0 saturated carbocycles. The van der Waals surface area contributed by atoms with Gasteiger partial charge in [0.05, 0.1) is 17.5 Å². The Balaban J connectivity index is 2.16. The summed E-state index contributed by atoms with van der Waals surface area (Å²) in [5, 5.41) is 1.27. The fourth-order valence-corrected chi connectivity index (χ4v) is 3.76. The van der Waals surface area contributed by atoms with Crippen LogP contribution in [-0.2, 0) is 9.53 Å². The molecule has 0 aliphatic carbocycles. The van der Waals surface area contributed by atoms with E-state index in [1.54, 1.807) is 22.8 Å². The van der Waals surface area contributed by atoms with E-state index in [1.807, 2.05) is 13.8 Å². The Hall–Kier alpha value is -1.53. The van der Waals surface area contributed by atoms with E-state index in [4.69, 9.17) is 16.3 Å². The molecule has 1 aliphatic heterocycles. The molecule has 3 rings (SSSR count). The van der Waals surface area contributed by atoms with Crippen LogP contribution in [0.25, 0.3) is 10.9 Å². The summed E-state index contributed by atoms with van der Waals surface area (Å²) in [6.45, 7) is 4.26. The van der Waals surface area contributed by atoms with Gasteiger partial charge in [-0.25, -0.2) is 4.98 Å². The van der Waals surface area contributed by atoms with E-state index in [0.29, 0.717) is 34.1 Å². The maximum atomic E-state index is 12.7. The highest BCUT2D eigenvalue weighted by Crippen LogP contribution is 2.30. The van der Waals surface area contributed by atoms with Crippen molar-refractivity contribution in [3.05, 3.63) is 33.6 Å². The number of hydrogen-bond acceptors (Lipinski definition) is 5. The van der Waals surface area contributed by atoms with Crippen molar-refractivity contribution in [3.63, 3.8) is 0 Å². The molecule has 0 bridgehead atoms. The molecule has 0 radical (unpaired) electrons. The van der Waals surface area contributed by atoms with Crippen molar-refractivity contribution < 1.29 is 9.53 Å². The van der Waals surface area contributed by atoms with Crippen LogP contribution in [0.1, 0.15) is 26.3 Å². The molecule has 1 atom stereocenters. The molecule has 1 saturated heterocycles. The number of esters is 1. The number of halogens is 1. The van der Waals surface area contributed by atoms with E-state index < -0.39 is 0 Å². The average Bonchev–Trinajstić information content (AvgIpc) is 2.83. The zero-order valence-corrected chi connectivity index (χ0v) is 13.8. The summed E-state index contributed by atoms with van der Waals surface area (Å²) >= 11 is 7.27. The summed E-state index contributed by atoms with van der Waals surface area (Å²) in [5.74, 6) is -0.249. The van der Waals surface area contributed by atoms with Crippen molar-refractivity contribution in [2.24, 2.45) is 0 Å². The lowest BCUT2D eigenvalue weighted by Gasteiger charge is -2.17. The van der Waals surface area contributed by atoms with Crippen molar-refractivity contribution in [3.8, 4) is 0 Å². The minimum atomic E-state index is -0.312. The Morgan fingerprint density at radius 1 is 1.41 bits per heavy atom. The van der Waals surface area contributed by atoms with Crippen molar-refractivity contribution in [2.45, 2.75) is 36.7 Å². The van der Waals surface area contributed by atoms with Crippen LogP contribution in [0.3, 0.4) is 0 Å². The molecule has 0 N–H and O–H groups in total. The predicted molar refractivity (Wildman–Crippen MR) is 86.6 cm³/mol. The first-order chi connectivity index (χ1) is 10.5. The summed E-state index contributed by atoms with van der Waals surface area (Å²) < 4.78 is 6.60. The summed E-state index contributed by atoms with van der Waals surface area (Å²) in [4.78, 5) is 28.9. The number of benzene rings is 1. The van der Waals surface area contributed by atoms with Crippen LogP contribution in [0, 0.1) is 0 Å². The van der Waals surface area contributed by atoms with Gasteiger partial charge < -0.3 is 4.74 Å². The molecular formula is C15H15ClN2O3S. The highest BCUT2D eigenvalue weighted by Gasteiger charge is 2.29. The normalized spacial score (nSPS) is 18.2. The van der Waals surface area contributed by atoms with Gasteiger partial charge in [0, 0.05) is 17.5 Å². The molecule has 116 valence electrons. The Labute approximate surface area is 136 Å². The number of carbonyl (C=O) groups excluding carboxylic acids is 1. The van der Waals surface area contributed by atoms with Gasteiger partial charge in [0.25, 0.3) is 5.56 Å². The Morgan fingerprint density at radius 2 is 2.18 bits per heavy atom. The molecule has 0 spiro atoms. The van der Waals surface area contributed by atoms with Gasteiger partial charge in [-0.15, -0.1) is 0 Å². The molecule has 1 fully saturated rings. The number of carbonyl (C=O) groups is 1. The lowest BCUT2D eigenvalue weighted by molar-refractivity contribution is -0.137. The molecule has 1 aromatic carbocycles. The van der Waals surface area contributed by atoms with Crippen molar-refractivity contribution in [1.82, 2.24) is 9.55 Å². The predicted octanol–water partition coefficient (Wildman–Crippen LogP) is 3.04. The SMILES string of the molecule is CC(C)n1c(S[C@@H]2CCOC2=O)nc2cc(Cl)ccc2c1=O. The number of cyclic esters (lactones) is 1. The maximum absolute atomic E-state index is 12.7. The summed E-state index contributed by atoms with van der Waals surface area (Å²) in [5.41, 5.74) is 0.425. The lowest BCUT2D eigenvalue weighted by atomic mass is 10.2. The quantitative estimate of drug-likeness (QED) is 0.636. The number of aromatic nitrogens is 2. The fourth-order valence-electron chi connectivity index (χ4n) is 2.40. The van der Waals surface area contributed by atoms with Gasteiger partial charge in [-0.1, -0.05) is 23.4 Å². The summed E-state index contributed by atoms with van der Waals surface area (Å²) in [6.07, 6.45) is 0.630. The van der Waals surface area contributed by atoms with E-state index in [0.717, 1.165) is 0 Å². The zero-order valence-electron chi connectivity index (χ0n) is 12.2. The Kier molecular flexibility index (Phi) is 4.14. The molecule has 2 heterocycles. The fraction of sp³-hybridized carbons (Fsp3) is 0.400. The standard InChI is InChI=1S/C15H15ClN2O3S/c1-8(2)18-13(19)10-4-3-9(16)7-11(10)17-15(18)22-12-5-6-21-14(12)20/h3-4,7-8,12H,5-6H2,1-2H3/t12-/m1/s1. The molecule has 7 heteroatoms. The van der Waals surface area contributed by atoms with Crippen molar-refractivity contribution in [2.75, 3.05) is 6.61 Å². The monoisotopic (exact) mass is 338 g/mol. The van der Waals surface area contributed by atoms with Gasteiger partial charge in [0.15, 0.2) is 5.16 Å². The second-order valence-electron chi connectivity index (χ2n) is 5.39. The zero-order chi connectivity index (χ0) is 15.9. The van der Waals surface area contributed by atoms with Crippen LogP contribution >= 0.6 is 23.4 Å². The van der Waals surface area contributed by atoms with Crippen LogP contribution < -0.4 is 5.56 Å². The highest BCUT2D eigenvalue weighted by molar-refractivity contribution is 8.00. The van der Waals surface area contributed by atoms with Gasteiger partial charge in [0.2, 0.25) is 0 Å². The van der Waals surface area contributed by atoms with E-state index in [1.165, 1.54) is 11.8 Å². The molecule has 5 nitrogen and oxygen atoms in total. The number of hydrogen-bond donors (Lipinski definition) is 0. The molecular weight excluding hydrogens is 324 g/mol.